The molecule has 0 saturated carbocycles. The molecule has 1 aromatic rings. The highest BCUT2D eigenvalue weighted by molar-refractivity contribution is 5.80. The molecule has 1 N–H and O–H groups in total. The molecular formula is C13H21N3O2. The normalized spacial score (nSPS) is 10.3. The van der Waals surface area contributed by atoms with Gasteiger partial charge in [-0.25, -0.2) is 4.98 Å². The monoisotopic (exact) mass is 251 g/mol. The van der Waals surface area contributed by atoms with E-state index in [9.17, 15) is 4.79 Å². The van der Waals surface area contributed by atoms with Crippen LogP contribution in [0.25, 0.3) is 0 Å². The van der Waals surface area contributed by atoms with Crippen molar-refractivity contribution in [2.45, 2.75) is 26.8 Å². The fraction of sp³-hybridized carbons (Fsp3) is 0.538. The molecule has 1 aromatic heterocycles. The van der Waals surface area contributed by atoms with Gasteiger partial charge in [-0.1, -0.05) is 0 Å². The molecule has 100 valence electrons. The lowest BCUT2D eigenvalue weighted by atomic mass is 10.3. The first-order valence-corrected chi connectivity index (χ1v) is 6.13. The maximum Gasteiger partial charge on any atom is 0.241 e. The van der Waals surface area contributed by atoms with E-state index >= 15 is 0 Å². The number of amides is 1. The van der Waals surface area contributed by atoms with E-state index in [2.05, 4.69) is 10.3 Å². The van der Waals surface area contributed by atoms with Gasteiger partial charge in [0, 0.05) is 19.2 Å². The van der Waals surface area contributed by atoms with E-state index < -0.39 is 0 Å². The SMILES string of the molecule is CCOc1ccc(NCC(=O)N(C)C(C)C)cn1. The third-order valence-electron chi connectivity index (χ3n) is 2.64. The third-order valence-corrected chi connectivity index (χ3v) is 2.64. The molecule has 0 atom stereocenters. The number of rotatable bonds is 6. The maximum atomic E-state index is 11.7. The zero-order valence-electron chi connectivity index (χ0n) is 11.4. The van der Waals surface area contributed by atoms with Gasteiger partial charge < -0.3 is 15.0 Å². The van der Waals surface area contributed by atoms with Crippen LogP contribution in [-0.2, 0) is 4.79 Å². The average Bonchev–Trinajstić information content (AvgIpc) is 2.37. The molecule has 1 heterocycles. The van der Waals surface area contributed by atoms with Crippen molar-refractivity contribution < 1.29 is 9.53 Å². The Hall–Kier alpha value is -1.78. The fourth-order valence-electron chi connectivity index (χ4n) is 1.31. The smallest absolute Gasteiger partial charge is 0.241 e. The first-order valence-electron chi connectivity index (χ1n) is 6.13. The van der Waals surface area contributed by atoms with Crippen LogP contribution in [0.5, 0.6) is 5.88 Å². The van der Waals surface area contributed by atoms with Crippen LogP contribution in [0.3, 0.4) is 0 Å². The van der Waals surface area contributed by atoms with Gasteiger partial charge in [-0.3, -0.25) is 4.79 Å². The van der Waals surface area contributed by atoms with Gasteiger partial charge in [-0.2, -0.15) is 0 Å². The van der Waals surface area contributed by atoms with Gasteiger partial charge in [0.05, 0.1) is 25.0 Å². The summed E-state index contributed by atoms with van der Waals surface area (Å²) in [6.45, 7) is 6.74. The van der Waals surface area contributed by atoms with Crippen molar-refractivity contribution in [3.05, 3.63) is 18.3 Å². The number of ether oxygens (including phenoxy) is 1. The first-order chi connectivity index (χ1) is 8.54. The van der Waals surface area contributed by atoms with E-state index in [0.717, 1.165) is 5.69 Å². The van der Waals surface area contributed by atoms with Gasteiger partial charge >= 0.3 is 0 Å². The second kappa shape index (κ2) is 6.83. The van der Waals surface area contributed by atoms with Gasteiger partial charge in [0.25, 0.3) is 0 Å². The van der Waals surface area contributed by atoms with Crippen LogP contribution in [0.2, 0.25) is 0 Å². The Labute approximate surface area is 108 Å². The summed E-state index contributed by atoms with van der Waals surface area (Å²) < 4.78 is 5.24. The molecule has 0 fully saturated rings. The molecule has 18 heavy (non-hydrogen) atoms. The maximum absolute atomic E-state index is 11.7. The van der Waals surface area contributed by atoms with Crippen LogP contribution in [-0.4, -0.2) is 42.0 Å². The Bertz CT molecular complexity index is 376. The largest absolute Gasteiger partial charge is 0.478 e. The second-order valence-corrected chi connectivity index (χ2v) is 4.27. The van der Waals surface area contributed by atoms with Crippen LogP contribution in [0.1, 0.15) is 20.8 Å². The Balaban J connectivity index is 2.46. The summed E-state index contributed by atoms with van der Waals surface area (Å²) in [5.41, 5.74) is 0.809. The van der Waals surface area contributed by atoms with Gasteiger partial charge in [-0.05, 0) is 26.8 Å². The van der Waals surface area contributed by atoms with Crippen LogP contribution >= 0.6 is 0 Å². The highest BCUT2D eigenvalue weighted by Crippen LogP contribution is 2.11. The van der Waals surface area contributed by atoms with Crippen molar-refractivity contribution in [1.29, 1.82) is 0 Å². The summed E-state index contributed by atoms with van der Waals surface area (Å²) in [6.07, 6.45) is 1.66. The minimum Gasteiger partial charge on any atom is -0.478 e. The molecule has 0 spiro atoms. The highest BCUT2D eigenvalue weighted by Gasteiger charge is 2.11. The topological polar surface area (TPSA) is 54.5 Å². The van der Waals surface area contributed by atoms with Gasteiger partial charge in [0.1, 0.15) is 0 Å². The van der Waals surface area contributed by atoms with E-state index in [-0.39, 0.29) is 18.5 Å². The molecule has 0 saturated heterocycles. The van der Waals surface area contributed by atoms with E-state index in [1.165, 1.54) is 0 Å². The molecule has 0 aromatic carbocycles. The molecule has 1 amide bonds. The molecule has 1 rings (SSSR count). The van der Waals surface area contributed by atoms with Crippen molar-refractivity contribution in [3.8, 4) is 5.88 Å². The first kappa shape index (κ1) is 14.3. The molecule has 0 aliphatic heterocycles. The molecule has 5 heteroatoms. The number of anilines is 1. The Morgan fingerprint density at radius 2 is 2.22 bits per heavy atom. The van der Waals surface area contributed by atoms with E-state index in [0.29, 0.717) is 12.5 Å². The van der Waals surface area contributed by atoms with E-state index in [4.69, 9.17) is 4.74 Å². The number of hydrogen-bond donors (Lipinski definition) is 1. The van der Waals surface area contributed by atoms with Gasteiger partial charge in [-0.15, -0.1) is 0 Å². The summed E-state index contributed by atoms with van der Waals surface area (Å²) in [5.74, 6) is 0.646. The van der Waals surface area contributed by atoms with Crippen molar-refractivity contribution >= 4 is 11.6 Å². The lowest BCUT2D eigenvalue weighted by Crippen LogP contribution is -2.37. The number of aromatic nitrogens is 1. The third kappa shape index (κ3) is 4.24. The predicted molar refractivity (Wildman–Crippen MR) is 71.8 cm³/mol. The van der Waals surface area contributed by atoms with Gasteiger partial charge in [0.2, 0.25) is 11.8 Å². The molecule has 5 nitrogen and oxygen atoms in total. The summed E-state index contributed by atoms with van der Waals surface area (Å²) in [7, 11) is 1.80. The van der Waals surface area contributed by atoms with Crippen LogP contribution in [0, 0.1) is 0 Å². The van der Waals surface area contributed by atoms with Crippen molar-refractivity contribution in [3.63, 3.8) is 0 Å². The summed E-state index contributed by atoms with van der Waals surface area (Å²) in [5, 5.41) is 3.04. The second-order valence-electron chi connectivity index (χ2n) is 4.27. The molecule has 0 bridgehead atoms. The zero-order chi connectivity index (χ0) is 13.5. The predicted octanol–water partition coefficient (Wildman–Crippen LogP) is 1.76. The fourth-order valence-corrected chi connectivity index (χ4v) is 1.31. The number of likely N-dealkylation sites (N-methyl/N-ethyl adjacent to an activating group) is 1. The Morgan fingerprint density at radius 1 is 1.50 bits per heavy atom. The minimum atomic E-state index is 0.0545. The number of carbonyl (C=O) groups is 1. The summed E-state index contributed by atoms with van der Waals surface area (Å²) >= 11 is 0. The number of pyridine rings is 1. The molecule has 0 radical (unpaired) electrons. The lowest BCUT2D eigenvalue weighted by molar-refractivity contribution is -0.129. The average molecular weight is 251 g/mol. The van der Waals surface area contributed by atoms with Crippen LogP contribution in [0.4, 0.5) is 5.69 Å². The highest BCUT2D eigenvalue weighted by atomic mass is 16.5. The quantitative estimate of drug-likeness (QED) is 0.837. The molecule has 0 aliphatic carbocycles. The van der Waals surface area contributed by atoms with E-state index in [1.54, 1.807) is 24.2 Å². The Morgan fingerprint density at radius 3 is 2.72 bits per heavy atom. The molecule has 0 unspecified atom stereocenters. The van der Waals surface area contributed by atoms with Crippen molar-refractivity contribution in [2.24, 2.45) is 0 Å². The number of hydrogen-bond acceptors (Lipinski definition) is 4. The number of nitrogens with one attached hydrogen (secondary N) is 1. The van der Waals surface area contributed by atoms with Crippen molar-refractivity contribution in [1.82, 2.24) is 9.88 Å². The lowest BCUT2D eigenvalue weighted by Gasteiger charge is -2.21. The van der Waals surface area contributed by atoms with Crippen molar-refractivity contribution in [2.75, 3.05) is 25.5 Å². The van der Waals surface area contributed by atoms with Crippen LogP contribution in [0.15, 0.2) is 18.3 Å². The standard InChI is InChI=1S/C13H21N3O2/c1-5-18-12-7-6-11(8-15-12)14-9-13(17)16(4)10(2)3/h6-8,10,14H,5,9H2,1-4H3. The number of nitrogens with zero attached hydrogens (tertiary/aromatic N) is 2. The van der Waals surface area contributed by atoms with Gasteiger partial charge in [0.15, 0.2) is 0 Å². The number of carbonyl (C=O) groups excluding carboxylic acids is 1. The summed E-state index contributed by atoms with van der Waals surface area (Å²) in [6, 6.07) is 3.83. The molecular weight excluding hydrogens is 230 g/mol. The molecule has 0 aliphatic rings. The minimum absolute atomic E-state index is 0.0545. The summed E-state index contributed by atoms with van der Waals surface area (Å²) in [4.78, 5) is 17.6. The van der Waals surface area contributed by atoms with Crippen LogP contribution < -0.4 is 10.1 Å². The Kier molecular flexibility index (Phi) is 5.42. The van der Waals surface area contributed by atoms with E-state index in [1.807, 2.05) is 26.8 Å². The zero-order valence-corrected chi connectivity index (χ0v) is 11.4.